The number of carbonyl (C=O) groups excluding carboxylic acids is 2. The van der Waals surface area contributed by atoms with E-state index in [-0.39, 0.29) is 0 Å². The Morgan fingerprint density at radius 1 is 1.28 bits per heavy atom. The first-order valence-corrected chi connectivity index (χ1v) is 5.57. The Balaban J connectivity index is 3.15. The zero-order valence-electron chi connectivity index (χ0n) is 9.57. The van der Waals surface area contributed by atoms with Crippen LogP contribution in [0.4, 0.5) is 0 Å². The molecule has 5 atom stereocenters. The Labute approximate surface area is 111 Å². The van der Waals surface area contributed by atoms with Crippen molar-refractivity contribution in [2.24, 2.45) is 0 Å². The summed E-state index contributed by atoms with van der Waals surface area (Å²) in [6, 6.07) is 0. The molecule has 1 saturated heterocycles. The highest BCUT2D eigenvalue weighted by Gasteiger charge is 2.59. The normalized spacial score (nSPS) is 40.3. The number of carbonyl (C=O) groups is 2. The van der Waals surface area contributed by atoms with E-state index >= 15 is 0 Å². The fourth-order valence-electron chi connectivity index (χ4n) is 1.63. The molecule has 3 N–H and O–H groups in total. The molecule has 0 aliphatic carbocycles. The lowest BCUT2D eigenvalue weighted by Gasteiger charge is -2.44. The van der Waals surface area contributed by atoms with Crippen LogP contribution in [0.5, 0.6) is 0 Å². The van der Waals surface area contributed by atoms with E-state index < -0.39 is 42.0 Å². The number of rotatable bonds is 3. The predicted molar refractivity (Wildman–Crippen MR) is 58.3 cm³/mol. The smallest absolute Gasteiger partial charge is 0.337 e. The molecular formula is C9H13BrO8. The molecule has 0 saturated carbocycles. The molecule has 0 bridgehead atoms. The number of methoxy groups -OCH3 is 1. The summed E-state index contributed by atoms with van der Waals surface area (Å²) in [5.74, 6) is -4.10. The number of ketones is 1. The highest BCUT2D eigenvalue weighted by Crippen LogP contribution is 2.34. The molecule has 1 aliphatic heterocycles. The minimum Gasteiger partial charge on any atom is -0.467 e. The number of aliphatic hydroxyl groups is 3. The zero-order chi connectivity index (χ0) is 14.1. The van der Waals surface area contributed by atoms with Gasteiger partial charge in [-0.2, -0.15) is 0 Å². The Morgan fingerprint density at radius 2 is 1.83 bits per heavy atom. The van der Waals surface area contributed by atoms with Crippen molar-refractivity contribution < 1.29 is 38.2 Å². The van der Waals surface area contributed by atoms with Gasteiger partial charge in [0, 0.05) is 6.92 Å². The summed E-state index contributed by atoms with van der Waals surface area (Å²) in [4.78, 5) is 22.9. The summed E-state index contributed by atoms with van der Waals surface area (Å²) in [7, 11) is 1.04. The molecule has 0 aromatic heterocycles. The first kappa shape index (κ1) is 15.5. The van der Waals surface area contributed by atoms with Gasteiger partial charge in [0.1, 0.15) is 34.6 Å². The van der Waals surface area contributed by atoms with Crippen molar-refractivity contribution in [3.8, 4) is 0 Å². The van der Waals surface area contributed by atoms with E-state index in [0.717, 1.165) is 14.0 Å². The molecule has 0 spiro atoms. The Kier molecular flexibility index (Phi) is 4.81. The van der Waals surface area contributed by atoms with Crippen LogP contribution < -0.4 is 0 Å². The summed E-state index contributed by atoms with van der Waals surface area (Å²) >= 11 is 2.50. The van der Waals surface area contributed by atoms with Crippen LogP contribution in [0, 0.1) is 0 Å². The van der Waals surface area contributed by atoms with Crippen LogP contribution >= 0.6 is 16.3 Å². The number of hydrogen-bond acceptors (Lipinski definition) is 8. The lowest BCUT2D eigenvalue weighted by molar-refractivity contribution is -0.307. The van der Waals surface area contributed by atoms with Gasteiger partial charge < -0.3 is 24.8 Å². The second-order valence-electron chi connectivity index (χ2n) is 3.79. The largest absolute Gasteiger partial charge is 0.467 e. The van der Waals surface area contributed by atoms with Crippen molar-refractivity contribution >= 4 is 28.0 Å². The maximum Gasteiger partial charge on any atom is 0.337 e. The highest BCUT2D eigenvalue weighted by atomic mass is 79.9. The monoisotopic (exact) mass is 328 g/mol. The van der Waals surface area contributed by atoms with Crippen LogP contribution in [-0.2, 0) is 22.9 Å². The standard InChI is InChI=1S/C9H13BrO8/c1-3(11)9(18-10)7(14)5(13)4(12)6(17-9)8(15)16-2/h4-7,12-14H,1-2H3/t4?,5?,6?,7?,9-/m1/s1. The molecular weight excluding hydrogens is 316 g/mol. The molecule has 1 aliphatic rings. The van der Waals surface area contributed by atoms with Gasteiger partial charge in [-0.05, 0) is 0 Å². The Morgan fingerprint density at radius 3 is 2.22 bits per heavy atom. The number of ether oxygens (including phenoxy) is 2. The third-order valence-electron chi connectivity index (χ3n) is 2.71. The van der Waals surface area contributed by atoms with Gasteiger partial charge in [0.2, 0.25) is 0 Å². The van der Waals surface area contributed by atoms with Crippen molar-refractivity contribution in [2.45, 2.75) is 37.1 Å². The lowest BCUT2D eigenvalue weighted by atomic mass is 9.90. The van der Waals surface area contributed by atoms with E-state index in [1.807, 2.05) is 0 Å². The minimum absolute atomic E-state index is 0.799. The lowest BCUT2D eigenvalue weighted by Crippen LogP contribution is -2.68. The third kappa shape index (κ3) is 2.29. The van der Waals surface area contributed by atoms with Gasteiger partial charge in [0.05, 0.1) is 7.11 Å². The van der Waals surface area contributed by atoms with Crippen LogP contribution in [0.3, 0.4) is 0 Å². The maximum atomic E-state index is 11.5. The van der Waals surface area contributed by atoms with Crippen molar-refractivity contribution in [3.63, 3.8) is 0 Å². The second kappa shape index (κ2) is 5.59. The van der Waals surface area contributed by atoms with Gasteiger partial charge in [-0.15, -0.1) is 0 Å². The molecule has 1 rings (SSSR count). The summed E-state index contributed by atoms with van der Waals surface area (Å²) in [5, 5.41) is 29.0. The number of hydrogen-bond donors (Lipinski definition) is 3. The summed E-state index contributed by atoms with van der Waals surface area (Å²) in [6.45, 7) is 1.03. The number of esters is 1. The van der Waals surface area contributed by atoms with Crippen LogP contribution in [0.2, 0.25) is 0 Å². The molecule has 4 unspecified atom stereocenters. The number of aliphatic hydroxyl groups excluding tert-OH is 3. The molecule has 0 amide bonds. The number of Topliss-reactive ketones (excluding diaryl/α,β-unsaturated/α-hetero) is 1. The van der Waals surface area contributed by atoms with Gasteiger partial charge in [0.15, 0.2) is 11.9 Å². The topological polar surface area (TPSA) is 123 Å². The van der Waals surface area contributed by atoms with Crippen molar-refractivity contribution in [3.05, 3.63) is 0 Å². The molecule has 1 heterocycles. The molecule has 9 heteroatoms. The van der Waals surface area contributed by atoms with Crippen LogP contribution in [0.15, 0.2) is 0 Å². The fourth-order valence-corrected chi connectivity index (χ4v) is 2.13. The van der Waals surface area contributed by atoms with E-state index in [1.54, 1.807) is 0 Å². The van der Waals surface area contributed by atoms with E-state index in [1.165, 1.54) is 0 Å². The van der Waals surface area contributed by atoms with Gasteiger partial charge >= 0.3 is 5.97 Å². The maximum absolute atomic E-state index is 11.5. The summed E-state index contributed by atoms with van der Waals surface area (Å²) in [5.41, 5.74) is 0. The quantitative estimate of drug-likeness (QED) is 0.521. The Bertz CT molecular complexity index is 347. The third-order valence-corrected chi connectivity index (χ3v) is 3.19. The average molecular weight is 329 g/mol. The van der Waals surface area contributed by atoms with E-state index in [4.69, 9.17) is 4.74 Å². The first-order chi connectivity index (χ1) is 8.31. The van der Waals surface area contributed by atoms with Gasteiger partial charge in [-0.3, -0.25) is 8.62 Å². The van der Waals surface area contributed by atoms with Crippen LogP contribution in [0.25, 0.3) is 0 Å². The van der Waals surface area contributed by atoms with Crippen LogP contribution in [-0.4, -0.2) is 64.4 Å². The summed E-state index contributed by atoms with van der Waals surface area (Å²) < 4.78 is 13.9. The van der Waals surface area contributed by atoms with E-state index in [9.17, 15) is 24.9 Å². The predicted octanol–water partition coefficient (Wildman–Crippen LogP) is -1.75. The minimum atomic E-state index is -2.29. The number of halogens is 1. The molecule has 104 valence electrons. The van der Waals surface area contributed by atoms with Crippen molar-refractivity contribution in [1.82, 2.24) is 0 Å². The zero-order valence-corrected chi connectivity index (χ0v) is 11.2. The second-order valence-corrected chi connectivity index (χ2v) is 4.11. The van der Waals surface area contributed by atoms with Crippen molar-refractivity contribution in [1.29, 1.82) is 0 Å². The van der Waals surface area contributed by atoms with Gasteiger partial charge in [0.25, 0.3) is 5.79 Å². The van der Waals surface area contributed by atoms with E-state index in [2.05, 4.69) is 24.8 Å². The molecule has 18 heavy (non-hydrogen) atoms. The van der Waals surface area contributed by atoms with E-state index in [0.29, 0.717) is 0 Å². The first-order valence-electron chi connectivity index (χ1n) is 4.92. The summed E-state index contributed by atoms with van der Waals surface area (Å²) in [6.07, 6.45) is -7.09. The Hall–Kier alpha value is -0.580. The molecule has 1 fully saturated rings. The average Bonchev–Trinajstić information content (AvgIpc) is 2.35. The molecule has 0 radical (unpaired) electrons. The fraction of sp³-hybridized carbons (Fsp3) is 0.778. The highest BCUT2D eigenvalue weighted by molar-refractivity contribution is 9.06. The van der Waals surface area contributed by atoms with Crippen molar-refractivity contribution in [2.75, 3.05) is 7.11 Å². The van der Waals surface area contributed by atoms with Gasteiger partial charge in [-0.25, -0.2) is 4.79 Å². The molecule has 8 nitrogen and oxygen atoms in total. The van der Waals surface area contributed by atoms with Gasteiger partial charge in [-0.1, -0.05) is 0 Å². The molecule has 0 aromatic carbocycles. The molecule has 0 aromatic rings. The van der Waals surface area contributed by atoms with Crippen LogP contribution in [0.1, 0.15) is 6.92 Å². The SMILES string of the molecule is COC(=O)C1O[C@@](OBr)(C(C)=O)C(O)C(O)C1O.